The number of amides is 1. The SMILES string of the molecule is CNC(C)CCC(Cc1ccccc1)(C(N)=O)c1ccccc1. The monoisotopic (exact) mass is 310 g/mol. The lowest BCUT2D eigenvalue weighted by Gasteiger charge is -2.32. The summed E-state index contributed by atoms with van der Waals surface area (Å²) in [5, 5.41) is 3.24. The minimum atomic E-state index is -0.673. The van der Waals surface area contributed by atoms with Crippen molar-refractivity contribution in [3.8, 4) is 0 Å². The van der Waals surface area contributed by atoms with E-state index in [1.54, 1.807) is 0 Å². The highest BCUT2D eigenvalue weighted by atomic mass is 16.1. The molecule has 1 amide bonds. The highest BCUT2D eigenvalue weighted by Crippen LogP contribution is 2.34. The van der Waals surface area contributed by atoms with Crippen LogP contribution in [0.2, 0.25) is 0 Å². The fraction of sp³-hybridized carbons (Fsp3) is 0.350. The van der Waals surface area contributed by atoms with Gasteiger partial charge in [0.25, 0.3) is 0 Å². The first-order chi connectivity index (χ1) is 11.1. The molecular formula is C20H26N2O. The smallest absolute Gasteiger partial charge is 0.228 e. The van der Waals surface area contributed by atoms with E-state index in [1.165, 1.54) is 0 Å². The summed E-state index contributed by atoms with van der Waals surface area (Å²) in [5.74, 6) is -0.254. The molecule has 0 radical (unpaired) electrons. The van der Waals surface area contributed by atoms with Crippen molar-refractivity contribution in [2.75, 3.05) is 7.05 Å². The van der Waals surface area contributed by atoms with E-state index in [-0.39, 0.29) is 5.91 Å². The third-order valence-electron chi connectivity index (χ3n) is 4.64. The van der Waals surface area contributed by atoms with Crippen molar-refractivity contribution in [3.05, 3.63) is 71.8 Å². The van der Waals surface area contributed by atoms with Gasteiger partial charge in [-0.1, -0.05) is 60.7 Å². The molecule has 2 atom stereocenters. The average molecular weight is 310 g/mol. The van der Waals surface area contributed by atoms with Gasteiger partial charge in [-0.05, 0) is 44.4 Å². The maximum atomic E-state index is 12.5. The molecule has 2 rings (SSSR count). The Morgan fingerprint density at radius 2 is 1.65 bits per heavy atom. The second-order valence-electron chi connectivity index (χ2n) is 6.20. The van der Waals surface area contributed by atoms with E-state index in [9.17, 15) is 4.79 Å². The maximum absolute atomic E-state index is 12.5. The van der Waals surface area contributed by atoms with Crippen LogP contribution in [-0.2, 0) is 16.6 Å². The Hall–Kier alpha value is -2.13. The topological polar surface area (TPSA) is 55.1 Å². The zero-order chi connectivity index (χ0) is 16.7. The number of nitrogens with two attached hydrogens (primary N) is 1. The number of carbonyl (C=O) groups is 1. The number of hydrogen-bond donors (Lipinski definition) is 2. The molecule has 0 saturated heterocycles. The molecule has 3 N–H and O–H groups in total. The Bertz CT molecular complexity index is 612. The van der Waals surface area contributed by atoms with Crippen LogP contribution in [0.3, 0.4) is 0 Å². The van der Waals surface area contributed by atoms with Gasteiger partial charge in [0.05, 0.1) is 5.41 Å². The second-order valence-corrected chi connectivity index (χ2v) is 6.20. The van der Waals surface area contributed by atoms with Crippen molar-refractivity contribution in [2.45, 2.75) is 37.6 Å². The molecule has 0 heterocycles. The number of benzene rings is 2. The van der Waals surface area contributed by atoms with E-state index in [4.69, 9.17) is 5.73 Å². The predicted octanol–water partition coefficient (Wildman–Crippen LogP) is 3.04. The van der Waals surface area contributed by atoms with E-state index < -0.39 is 5.41 Å². The molecule has 2 aromatic rings. The summed E-state index contributed by atoms with van der Waals surface area (Å²) in [6.07, 6.45) is 2.24. The lowest BCUT2D eigenvalue weighted by molar-refractivity contribution is -0.124. The summed E-state index contributed by atoms with van der Waals surface area (Å²) < 4.78 is 0. The van der Waals surface area contributed by atoms with Gasteiger partial charge in [-0.15, -0.1) is 0 Å². The summed E-state index contributed by atoms with van der Waals surface area (Å²) in [7, 11) is 1.94. The van der Waals surface area contributed by atoms with Crippen molar-refractivity contribution in [1.82, 2.24) is 5.32 Å². The number of rotatable bonds is 8. The van der Waals surface area contributed by atoms with Gasteiger partial charge in [0.15, 0.2) is 0 Å². The number of nitrogens with one attached hydrogen (secondary N) is 1. The highest BCUT2D eigenvalue weighted by Gasteiger charge is 2.38. The Kier molecular flexibility index (Phi) is 5.94. The summed E-state index contributed by atoms with van der Waals surface area (Å²) in [4.78, 5) is 12.5. The average Bonchev–Trinajstić information content (AvgIpc) is 2.59. The quantitative estimate of drug-likeness (QED) is 0.787. The van der Waals surface area contributed by atoms with Crippen LogP contribution in [0.25, 0.3) is 0 Å². The highest BCUT2D eigenvalue weighted by molar-refractivity contribution is 5.87. The van der Waals surface area contributed by atoms with E-state index in [1.807, 2.05) is 55.6 Å². The van der Waals surface area contributed by atoms with Gasteiger partial charge in [0.2, 0.25) is 5.91 Å². The molecule has 2 unspecified atom stereocenters. The third-order valence-corrected chi connectivity index (χ3v) is 4.64. The number of hydrogen-bond acceptors (Lipinski definition) is 2. The molecule has 0 saturated carbocycles. The van der Waals surface area contributed by atoms with Crippen molar-refractivity contribution in [2.24, 2.45) is 5.73 Å². The van der Waals surface area contributed by atoms with Gasteiger partial charge < -0.3 is 11.1 Å². The fourth-order valence-electron chi connectivity index (χ4n) is 3.00. The first-order valence-corrected chi connectivity index (χ1v) is 8.15. The molecule has 0 aliphatic rings. The zero-order valence-corrected chi connectivity index (χ0v) is 14.0. The second kappa shape index (κ2) is 7.93. The predicted molar refractivity (Wildman–Crippen MR) is 95.2 cm³/mol. The van der Waals surface area contributed by atoms with Crippen LogP contribution >= 0.6 is 0 Å². The van der Waals surface area contributed by atoms with Crippen LogP contribution in [0.4, 0.5) is 0 Å². The Labute approximate surface area is 138 Å². The van der Waals surface area contributed by atoms with E-state index in [0.717, 1.165) is 24.0 Å². The fourth-order valence-corrected chi connectivity index (χ4v) is 3.00. The summed E-state index contributed by atoms with van der Waals surface area (Å²) in [6.45, 7) is 2.12. The number of primary amides is 1. The summed E-state index contributed by atoms with van der Waals surface area (Å²) >= 11 is 0. The van der Waals surface area contributed by atoms with E-state index in [0.29, 0.717) is 12.5 Å². The molecule has 23 heavy (non-hydrogen) atoms. The normalized spacial score (nSPS) is 14.9. The van der Waals surface area contributed by atoms with Crippen molar-refractivity contribution >= 4 is 5.91 Å². The minimum Gasteiger partial charge on any atom is -0.369 e. The molecule has 122 valence electrons. The van der Waals surface area contributed by atoms with Crippen LogP contribution in [0.1, 0.15) is 30.9 Å². The van der Waals surface area contributed by atoms with Crippen LogP contribution in [-0.4, -0.2) is 19.0 Å². The van der Waals surface area contributed by atoms with E-state index in [2.05, 4.69) is 24.4 Å². The van der Waals surface area contributed by atoms with Crippen LogP contribution in [0, 0.1) is 0 Å². The Morgan fingerprint density at radius 3 is 2.17 bits per heavy atom. The van der Waals surface area contributed by atoms with Gasteiger partial charge in [-0.2, -0.15) is 0 Å². The summed E-state index contributed by atoms with van der Waals surface area (Å²) in [6, 6.07) is 20.4. The zero-order valence-electron chi connectivity index (χ0n) is 14.0. The Balaban J connectivity index is 2.40. The molecule has 3 nitrogen and oxygen atoms in total. The molecule has 0 aliphatic heterocycles. The summed E-state index contributed by atoms with van der Waals surface area (Å²) in [5.41, 5.74) is 7.38. The van der Waals surface area contributed by atoms with Crippen LogP contribution < -0.4 is 11.1 Å². The largest absolute Gasteiger partial charge is 0.369 e. The van der Waals surface area contributed by atoms with Gasteiger partial charge >= 0.3 is 0 Å². The minimum absolute atomic E-state index is 0.254. The van der Waals surface area contributed by atoms with Crippen LogP contribution in [0.5, 0.6) is 0 Å². The molecule has 0 aliphatic carbocycles. The standard InChI is InChI=1S/C20H26N2O/c1-16(22-2)13-14-20(19(21)23,18-11-7-4-8-12-18)15-17-9-5-3-6-10-17/h3-12,16,22H,13-15H2,1-2H3,(H2,21,23). The maximum Gasteiger partial charge on any atom is 0.228 e. The lowest BCUT2D eigenvalue weighted by atomic mass is 9.71. The first kappa shape index (κ1) is 17.2. The third kappa shape index (κ3) is 4.20. The van der Waals surface area contributed by atoms with Gasteiger partial charge in [-0.3, -0.25) is 4.79 Å². The van der Waals surface area contributed by atoms with E-state index >= 15 is 0 Å². The Morgan fingerprint density at radius 1 is 1.09 bits per heavy atom. The van der Waals surface area contributed by atoms with Gasteiger partial charge in [0.1, 0.15) is 0 Å². The molecule has 2 aromatic carbocycles. The molecular weight excluding hydrogens is 284 g/mol. The first-order valence-electron chi connectivity index (χ1n) is 8.15. The van der Waals surface area contributed by atoms with Gasteiger partial charge in [-0.25, -0.2) is 0 Å². The van der Waals surface area contributed by atoms with Gasteiger partial charge in [0, 0.05) is 6.04 Å². The molecule has 0 spiro atoms. The molecule has 0 aromatic heterocycles. The molecule has 0 bridgehead atoms. The molecule has 0 fully saturated rings. The lowest BCUT2D eigenvalue weighted by Crippen LogP contribution is -2.44. The van der Waals surface area contributed by atoms with Crippen molar-refractivity contribution < 1.29 is 4.79 Å². The van der Waals surface area contributed by atoms with Crippen molar-refractivity contribution in [1.29, 1.82) is 0 Å². The van der Waals surface area contributed by atoms with Crippen molar-refractivity contribution in [3.63, 3.8) is 0 Å². The van der Waals surface area contributed by atoms with Crippen LogP contribution in [0.15, 0.2) is 60.7 Å². The molecule has 3 heteroatoms. The number of carbonyl (C=O) groups excluding carboxylic acids is 1.